The third-order valence-electron chi connectivity index (χ3n) is 15.8. The molecule has 344 valence electrons. The Morgan fingerprint density at radius 3 is 1.51 bits per heavy atom. The Morgan fingerprint density at radius 1 is 0.306 bits per heavy atom. The minimum Gasteiger partial charge on any atom is -0.309 e. The number of rotatable bonds is 10. The molecule has 1 nitrogen and oxygen atoms in total. The molecule has 0 amide bonds. The van der Waals surface area contributed by atoms with Crippen LogP contribution in [0.3, 0.4) is 0 Å². The zero-order valence-electron chi connectivity index (χ0n) is 40.5. The normalized spacial score (nSPS) is 13.9. The fourth-order valence-electron chi connectivity index (χ4n) is 12.5. The van der Waals surface area contributed by atoms with Crippen LogP contribution < -0.4 is 4.90 Å². The van der Waals surface area contributed by atoms with Crippen molar-refractivity contribution in [2.75, 3.05) is 4.90 Å². The van der Waals surface area contributed by atoms with Crippen molar-refractivity contribution in [3.05, 3.63) is 295 Å². The van der Waals surface area contributed by atoms with Gasteiger partial charge >= 0.3 is 0 Å². The topological polar surface area (TPSA) is 3.24 Å². The highest BCUT2D eigenvalue weighted by Gasteiger charge is 2.46. The summed E-state index contributed by atoms with van der Waals surface area (Å²) >= 11 is 0. The van der Waals surface area contributed by atoms with E-state index in [2.05, 4.69) is 272 Å². The van der Waals surface area contributed by atoms with Crippen molar-refractivity contribution in [1.82, 2.24) is 0 Å². The highest BCUT2D eigenvalue weighted by atomic mass is 15.1. The third kappa shape index (κ3) is 7.39. The van der Waals surface area contributed by atoms with Crippen LogP contribution >= 0.6 is 0 Å². The molecule has 2 aliphatic carbocycles. The van der Waals surface area contributed by atoms with E-state index in [4.69, 9.17) is 0 Å². The molecule has 72 heavy (non-hydrogen) atoms. The maximum atomic E-state index is 2.58. The molecule has 0 aromatic heterocycles. The molecule has 0 spiro atoms. The quantitative estimate of drug-likeness (QED) is 0.132. The van der Waals surface area contributed by atoms with Crippen LogP contribution in [0.4, 0.5) is 17.1 Å². The molecule has 13 rings (SSSR count). The first-order valence-corrected chi connectivity index (χ1v) is 25.9. The van der Waals surface area contributed by atoms with E-state index in [9.17, 15) is 0 Å². The van der Waals surface area contributed by atoms with Gasteiger partial charge in [0.1, 0.15) is 0 Å². The van der Waals surface area contributed by atoms with Crippen LogP contribution in [0.5, 0.6) is 0 Å². The van der Waals surface area contributed by atoms with Crippen LogP contribution in [-0.4, -0.2) is 0 Å². The fraction of sp³-hybridized carbons (Fsp3) is 0.0986. The van der Waals surface area contributed by atoms with Crippen LogP contribution in [0.25, 0.3) is 66.4 Å². The minimum atomic E-state index is -0.524. The van der Waals surface area contributed by atoms with Gasteiger partial charge in [-0.2, -0.15) is 0 Å². The Bertz CT molecular complexity index is 3670. The number of hydrogen-bond donors (Lipinski definition) is 0. The molecular weight excluding hydrogens is 867 g/mol. The molecule has 1 saturated carbocycles. The molecule has 11 aromatic carbocycles. The summed E-state index contributed by atoms with van der Waals surface area (Å²) < 4.78 is 0. The molecular formula is C71H55N. The average Bonchev–Trinajstić information content (AvgIpc) is 3.77. The fourth-order valence-corrected chi connectivity index (χ4v) is 12.5. The summed E-state index contributed by atoms with van der Waals surface area (Å²) in [5.74, 6) is 0.549. The van der Waals surface area contributed by atoms with E-state index in [0.717, 1.165) is 22.6 Å². The summed E-state index contributed by atoms with van der Waals surface area (Å²) in [5, 5.41) is 2.68. The van der Waals surface area contributed by atoms with Crippen LogP contribution in [0.1, 0.15) is 65.8 Å². The summed E-state index contributed by atoms with van der Waals surface area (Å²) in [6.07, 6.45) is 6.39. The van der Waals surface area contributed by atoms with Crippen LogP contribution in [0, 0.1) is 0 Å². The van der Waals surface area contributed by atoms with E-state index in [0.29, 0.717) is 5.92 Å². The van der Waals surface area contributed by atoms with E-state index in [-0.39, 0.29) is 0 Å². The lowest BCUT2D eigenvalue weighted by molar-refractivity contribution is 0.445. The Hall–Kier alpha value is -8.52. The van der Waals surface area contributed by atoms with Gasteiger partial charge in [-0.05, 0) is 127 Å². The van der Waals surface area contributed by atoms with Crippen LogP contribution in [-0.2, 0) is 5.41 Å². The molecule has 0 unspecified atom stereocenters. The van der Waals surface area contributed by atoms with E-state index < -0.39 is 5.41 Å². The lowest BCUT2D eigenvalue weighted by Crippen LogP contribution is -2.28. The molecule has 11 aromatic rings. The lowest BCUT2D eigenvalue weighted by atomic mass is 9.67. The van der Waals surface area contributed by atoms with Crippen molar-refractivity contribution in [2.45, 2.75) is 43.4 Å². The zero-order valence-corrected chi connectivity index (χ0v) is 40.5. The summed E-state index contributed by atoms with van der Waals surface area (Å²) in [4.78, 5) is 2.58. The van der Waals surface area contributed by atoms with E-state index in [1.54, 1.807) is 0 Å². The van der Waals surface area contributed by atoms with Gasteiger partial charge in [-0.3, -0.25) is 0 Å². The molecule has 0 N–H and O–H groups in total. The van der Waals surface area contributed by atoms with Gasteiger partial charge in [0, 0.05) is 16.7 Å². The van der Waals surface area contributed by atoms with Gasteiger partial charge in [-0.25, -0.2) is 0 Å². The summed E-state index contributed by atoms with van der Waals surface area (Å²) in [6, 6.07) is 99.7. The van der Waals surface area contributed by atoms with E-state index in [1.807, 2.05) is 0 Å². The number of anilines is 3. The Labute approximate surface area is 424 Å². The number of benzene rings is 11. The lowest BCUT2D eigenvalue weighted by Gasteiger charge is -2.34. The Balaban J connectivity index is 1.09. The maximum Gasteiger partial charge on any atom is 0.0713 e. The average molecular weight is 922 g/mol. The van der Waals surface area contributed by atoms with Crippen molar-refractivity contribution in [3.63, 3.8) is 0 Å². The van der Waals surface area contributed by atoms with Gasteiger partial charge in [0.2, 0.25) is 0 Å². The molecule has 0 bridgehead atoms. The van der Waals surface area contributed by atoms with Gasteiger partial charge in [0.05, 0.1) is 22.5 Å². The second-order valence-corrected chi connectivity index (χ2v) is 19.7. The minimum absolute atomic E-state index is 0.524. The van der Waals surface area contributed by atoms with Crippen molar-refractivity contribution < 1.29 is 0 Å². The second kappa shape index (κ2) is 18.7. The standard InChI is InChI=1S/C71H55N/c1-6-24-50(25-7-1)54-45-47-69(64(48-54)52-28-10-3-11-29-52)72(68-43-21-18-38-62(68)63-40-23-31-53-30-22-39-59(70(53)63)51-26-8-2-9-27-51)67-42-20-17-36-58(67)55-44-46-61-60-37-16-19-41-65(60)71(66(61)49-55,56-32-12-4-13-33-56)57-34-14-5-15-35-57/h1,3-7,10-25,28-49,51H,2,8-9,26-27H2. The molecule has 1 fully saturated rings. The molecule has 0 radical (unpaired) electrons. The number of nitrogens with zero attached hydrogens (tertiary/aromatic N) is 1. The van der Waals surface area contributed by atoms with Crippen LogP contribution in [0.2, 0.25) is 0 Å². The van der Waals surface area contributed by atoms with Gasteiger partial charge in [0.15, 0.2) is 0 Å². The van der Waals surface area contributed by atoms with Gasteiger partial charge in [0.25, 0.3) is 0 Å². The largest absolute Gasteiger partial charge is 0.309 e. The highest BCUT2D eigenvalue weighted by molar-refractivity contribution is 6.05. The third-order valence-corrected chi connectivity index (χ3v) is 15.8. The zero-order chi connectivity index (χ0) is 47.8. The maximum absolute atomic E-state index is 2.58. The summed E-state index contributed by atoms with van der Waals surface area (Å²) in [5.41, 5.74) is 21.5. The summed E-state index contributed by atoms with van der Waals surface area (Å²) in [6.45, 7) is 0. The van der Waals surface area contributed by atoms with Crippen molar-refractivity contribution in [2.24, 2.45) is 0 Å². The first-order chi connectivity index (χ1) is 35.8. The second-order valence-electron chi connectivity index (χ2n) is 19.7. The smallest absolute Gasteiger partial charge is 0.0713 e. The van der Waals surface area contributed by atoms with E-state index >= 15 is 0 Å². The Morgan fingerprint density at radius 2 is 0.819 bits per heavy atom. The first-order valence-electron chi connectivity index (χ1n) is 25.9. The number of fused-ring (bicyclic) bond motifs is 4. The van der Waals surface area contributed by atoms with Gasteiger partial charge in [-0.1, -0.05) is 256 Å². The number of hydrogen-bond acceptors (Lipinski definition) is 1. The molecule has 0 heterocycles. The van der Waals surface area contributed by atoms with Crippen molar-refractivity contribution in [3.8, 4) is 55.6 Å². The summed E-state index contributed by atoms with van der Waals surface area (Å²) in [7, 11) is 0. The van der Waals surface area contributed by atoms with Gasteiger partial charge < -0.3 is 4.90 Å². The van der Waals surface area contributed by atoms with Crippen molar-refractivity contribution in [1.29, 1.82) is 0 Å². The predicted molar refractivity (Wildman–Crippen MR) is 304 cm³/mol. The molecule has 1 heteroatoms. The molecule has 0 atom stereocenters. The van der Waals surface area contributed by atoms with Gasteiger partial charge in [-0.15, -0.1) is 0 Å². The molecule has 0 aliphatic heterocycles. The monoisotopic (exact) mass is 921 g/mol. The highest BCUT2D eigenvalue weighted by Crippen LogP contribution is 2.58. The van der Waals surface area contributed by atoms with Crippen molar-refractivity contribution >= 4 is 27.8 Å². The molecule has 2 aliphatic rings. The first kappa shape index (κ1) is 43.5. The van der Waals surface area contributed by atoms with Crippen LogP contribution in [0.15, 0.2) is 267 Å². The Kier molecular flexibility index (Phi) is 11.3. The molecule has 0 saturated heterocycles. The number of para-hydroxylation sites is 2. The van der Waals surface area contributed by atoms with E-state index in [1.165, 1.54) is 121 Å². The SMILES string of the molecule is c1ccc(-c2ccc(N(c3ccccc3-c3ccc4c(c3)C(c3ccccc3)(c3ccccc3)c3ccccc3-4)c3ccccc3-c3cccc4cccc(C5CCCCC5)c34)c(-c3ccccc3)c2)cc1. The predicted octanol–water partition coefficient (Wildman–Crippen LogP) is 19.4.